The summed E-state index contributed by atoms with van der Waals surface area (Å²) in [5.41, 5.74) is 4.04. The van der Waals surface area contributed by atoms with Crippen molar-refractivity contribution in [3.8, 4) is 5.69 Å². The zero-order valence-electron chi connectivity index (χ0n) is 17.4. The summed E-state index contributed by atoms with van der Waals surface area (Å²) in [6.07, 6.45) is 0. The summed E-state index contributed by atoms with van der Waals surface area (Å²) in [7, 11) is 0. The number of rotatable bonds is 4. The molecule has 0 spiro atoms. The summed E-state index contributed by atoms with van der Waals surface area (Å²) in [4.78, 5) is 14.1. The van der Waals surface area contributed by atoms with Crippen molar-refractivity contribution in [3.63, 3.8) is 0 Å². The van der Waals surface area contributed by atoms with Gasteiger partial charge in [0, 0.05) is 10.4 Å². The Morgan fingerprint density at radius 2 is 1.87 bits per heavy atom. The third-order valence-corrected chi connectivity index (χ3v) is 6.31. The molecule has 0 atom stereocenters. The van der Waals surface area contributed by atoms with Crippen LogP contribution in [0.2, 0.25) is 5.02 Å². The Morgan fingerprint density at radius 3 is 2.53 bits per heavy atom. The van der Waals surface area contributed by atoms with E-state index in [0.29, 0.717) is 9.90 Å². The molecule has 154 valence electrons. The summed E-state index contributed by atoms with van der Waals surface area (Å²) in [5, 5.41) is 6.19. The van der Waals surface area contributed by atoms with Crippen LogP contribution in [0.3, 0.4) is 0 Å². The van der Waals surface area contributed by atoms with E-state index in [1.54, 1.807) is 0 Å². The maximum atomic E-state index is 12.7. The third kappa shape index (κ3) is 4.13. The largest absolute Gasteiger partial charge is 0.457 e. The average Bonchev–Trinajstić information content (AvgIpc) is 3.26. The summed E-state index contributed by atoms with van der Waals surface area (Å²) >= 11 is 7.51. The second-order valence-electron chi connectivity index (χ2n) is 8.33. The molecule has 2 aromatic heterocycles. The van der Waals surface area contributed by atoms with Crippen molar-refractivity contribution >= 4 is 39.1 Å². The van der Waals surface area contributed by atoms with Gasteiger partial charge < -0.3 is 4.74 Å². The quantitative estimate of drug-likeness (QED) is 0.333. The van der Waals surface area contributed by atoms with Gasteiger partial charge in [-0.3, -0.25) is 0 Å². The van der Waals surface area contributed by atoms with E-state index in [9.17, 15) is 4.79 Å². The zero-order chi connectivity index (χ0) is 21.5. The van der Waals surface area contributed by atoms with Crippen LogP contribution in [0, 0.1) is 6.92 Å². The SMILES string of the molecule is Cc1nn(-c2cccc(Cl)c2)c2sc(C(=O)OCc3ccc(C(C)(C)C)cc3)cc12. The van der Waals surface area contributed by atoms with Crippen LogP contribution in [-0.4, -0.2) is 15.7 Å². The average molecular weight is 439 g/mol. The topological polar surface area (TPSA) is 44.1 Å². The summed E-state index contributed by atoms with van der Waals surface area (Å²) in [6, 6.07) is 17.6. The lowest BCUT2D eigenvalue weighted by atomic mass is 9.87. The fourth-order valence-corrected chi connectivity index (χ4v) is 4.51. The fraction of sp³-hybridized carbons (Fsp3) is 0.250. The molecule has 4 aromatic rings. The summed E-state index contributed by atoms with van der Waals surface area (Å²) in [6.45, 7) is 8.71. The molecule has 0 aliphatic heterocycles. The minimum absolute atomic E-state index is 0.0982. The number of thiophene rings is 1. The van der Waals surface area contributed by atoms with E-state index in [-0.39, 0.29) is 18.0 Å². The van der Waals surface area contributed by atoms with Crippen molar-refractivity contribution in [2.24, 2.45) is 0 Å². The highest BCUT2D eigenvalue weighted by Crippen LogP contribution is 2.31. The van der Waals surface area contributed by atoms with Crippen LogP contribution in [0.25, 0.3) is 15.9 Å². The number of aromatic nitrogens is 2. The highest BCUT2D eigenvalue weighted by atomic mass is 35.5. The number of fused-ring (bicyclic) bond motifs is 1. The molecule has 4 nitrogen and oxygen atoms in total. The van der Waals surface area contributed by atoms with Gasteiger partial charge in [0.2, 0.25) is 0 Å². The number of nitrogens with zero attached hydrogens (tertiary/aromatic N) is 2. The van der Waals surface area contributed by atoms with Gasteiger partial charge in [0.25, 0.3) is 0 Å². The Balaban J connectivity index is 1.53. The molecule has 0 unspecified atom stereocenters. The lowest BCUT2D eigenvalue weighted by Crippen LogP contribution is -2.11. The molecule has 30 heavy (non-hydrogen) atoms. The number of hydrogen-bond acceptors (Lipinski definition) is 4. The molecule has 0 radical (unpaired) electrons. The van der Waals surface area contributed by atoms with E-state index in [1.165, 1.54) is 16.9 Å². The van der Waals surface area contributed by atoms with E-state index in [2.05, 4.69) is 38.0 Å². The fourth-order valence-electron chi connectivity index (χ4n) is 3.25. The van der Waals surface area contributed by atoms with Gasteiger partial charge in [-0.15, -0.1) is 11.3 Å². The van der Waals surface area contributed by atoms with Crippen molar-refractivity contribution in [3.05, 3.63) is 81.3 Å². The Labute approximate surface area is 185 Å². The number of halogens is 1. The normalized spacial score (nSPS) is 11.8. The molecule has 2 heterocycles. The van der Waals surface area contributed by atoms with Crippen molar-refractivity contribution in [2.75, 3.05) is 0 Å². The Kier molecular flexibility index (Phi) is 5.43. The third-order valence-electron chi connectivity index (χ3n) is 4.99. The summed E-state index contributed by atoms with van der Waals surface area (Å²) < 4.78 is 7.39. The minimum atomic E-state index is -0.326. The van der Waals surface area contributed by atoms with Crippen LogP contribution in [-0.2, 0) is 16.8 Å². The van der Waals surface area contributed by atoms with Crippen molar-refractivity contribution < 1.29 is 9.53 Å². The molecular formula is C24H23ClN2O2S. The molecule has 2 aromatic carbocycles. The molecule has 6 heteroatoms. The molecule has 0 amide bonds. The molecule has 0 saturated heterocycles. The van der Waals surface area contributed by atoms with Crippen molar-refractivity contribution in [1.82, 2.24) is 9.78 Å². The number of benzene rings is 2. The second kappa shape index (κ2) is 7.89. The van der Waals surface area contributed by atoms with Crippen LogP contribution in [0.4, 0.5) is 0 Å². The van der Waals surface area contributed by atoms with Gasteiger partial charge in [0.05, 0.1) is 11.4 Å². The van der Waals surface area contributed by atoms with Crippen molar-refractivity contribution in [2.45, 2.75) is 39.7 Å². The standard InChI is InChI=1S/C24H23ClN2O2S/c1-15-20-13-21(30-22(20)27(26-15)19-7-5-6-18(25)12-19)23(28)29-14-16-8-10-17(11-9-16)24(2,3)4/h5-13H,14H2,1-4H3. The lowest BCUT2D eigenvalue weighted by Gasteiger charge is -2.19. The summed E-state index contributed by atoms with van der Waals surface area (Å²) in [5.74, 6) is -0.326. The van der Waals surface area contributed by atoms with Crippen LogP contribution in [0.1, 0.15) is 47.3 Å². The van der Waals surface area contributed by atoms with E-state index in [0.717, 1.165) is 27.2 Å². The zero-order valence-corrected chi connectivity index (χ0v) is 19.0. The number of aryl methyl sites for hydroxylation is 1. The first-order chi connectivity index (χ1) is 14.2. The van der Waals surface area contributed by atoms with E-state index in [1.807, 2.05) is 54.1 Å². The van der Waals surface area contributed by atoms with Gasteiger partial charge in [-0.25, -0.2) is 9.48 Å². The first-order valence-electron chi connectivity index (χ1n) is 9.74. The molecule has 4 rings (SSSR count). The first-order valence-corrected chi connectivity index (χ1v) is 10.9. The minimum Gasteiger partial charge on any atom is -0.457 e. The molecule has 0 saturated carbocycles. The Bertz CT molecular complexity index is 1220. The van der Waals surface area contributed by atoms with Crippen LogP contribution < -0.4 is 0 Å². The van der Waals surface area contributed by atoms with Gasteiger partial charge in [-0.2, -0.15) is 5.10 Å². The molecule has 0 aliphatic carbocycles. The predicted molar refractivity (Wildman–Crippen MR) is 123 cm³/mol. The van der Waals surface area contributed by atoms with Crippen LogP contribution in [0.15, 0.2) is 54.6 Å². The van der Waals surface area contributed by atoms with Gasteiger partial charge in [0.15, 0.2) is 0 Å². The number of carbonyl (C=O) groups is 1. The molecule has 0 bridgehead atoms. The first kappa shape index (κ1) is 20.6. The smallest absolute Gasteiger partial charge is 0.348 e. The highest BCUT2D eigenvalue weighted by molar-refractivity contribution is 7.20. The van der Waals surface area contributed by atoms with Gasteiger partial charge in [0.1, 0.15) is 16.3 Å². The Morgan fingerprint density at radius 1 is 1.13 bits per heavy atom. The molecule has 0 aliphatic rings. The molecule has 0 N–H and O–H groups in total. The van der Waals surface area contributed by atoms with Gasteiger partial charge in [-0.05, 0) is 47.7 Å². The maximum absolute atomic E-state index is 12.7. The molecular weight excluding hydrogens is 416 g/mol. The van der Waals surface area contributed by atoms with Gasteiger partial charge in [-0.1, -0.05) is 62.7 Å². The lowest BCUT2D eigenvalue weighted by molar-refractivity contribution is 0.0478. The van der Waals surface area contributed by atoms with Crippen LogP contribution >= 0.6 is 22.9 Å². The number of ether oxygens (including phenoxy) is 1. The monoisotopic (exact) mass is 438 g/mol. The van der Waals surface area contributed by atoms with Crippen LogP contribution in [0.5, 0.6) is 0 Å². The second-order valence-corrected chi connectivity index (χ2v) is 9.80. The van der Waals surface area contributed by atoms with E-state index >= 15 is 0 Å². The van der Waals surface area contributed by atoms with E-state index < -0.39 is 0 Å². The number of carbonyl (C=O) groups excluding carboxylic acids is 1. The highest BCUT2D eigenvalue weighted by Gasteiger charge is 2.19. The predicted octanol–water partition coefficient (Wildman–Crippen LogP) is 6.70. The Hall–Kier alpha value is -2.63. The maximum Gasteiger partial charge on any atom is 0.348 e. The van der Waals surface area contributed by atoms with E-state index in [4.69, 9.17) is 16.3 Å². The number of esters is 1. The van der Waals surface area contributed by atoms with Gasteiger partial charge >= 0.3 is 5.97 Å². The molecule has 0 fully saturated rings. The van der Waals surface area contributed by atoms with Crippen molar-refractivity contribution in [1.29, 1.82) is 0 Å². The number of hydrogen-bond donors (Lipinski definition) is 0.